The molecular weight excluding hydrogens is 448 g/mol. The van der Waals surface area contributed by atoms with Crippen LogP contribution in [-0.2, 0) is 11.4 Å². The molecule has 3 aromatic rings. The summed E-state index contributed by atoms with van der Waals surface area (Å²) in [4.78, 5) is 17.3. The van der Waals surface area contributed by atoms with Crippen molar-refractivity contribution in [1.82, 2.24) is 5.32 Å². The topological polar surface area (TPSA) is 50.7 Å². The minimum Gasteiger partial charge on any atom is -0.489 e. The van der Waals surface area contributed by atoms with Crippen molar-refractivity contribution >= 4 is 50.5 Å². The maximum absolute atomic E-state index is 12.2. The van der Waals surface area contributed by atoms with Gasteiger partial charge in [0, 0.05) is 4.47 Å². The monoisotopic (exact) mass is 464 g/mol. The minimum absolute atomic E-state index is 0.143. The Hall–Kier alpha value is -2.83. The molecule has 0 atom stereocenters. The Morgan fingerprint density at radius 3 is 2.41 bits per heavy atom. The molecule has 1 N–H and O–H groups in total. The lowest BCUT2D eigenvalue weighted by atomic mass is 10.2. The van der Waals surface area contributed by atoms with Crippen molar-refractivity contribution in [2.45, 2.75) is 6.61 Å². The summed E-state index contributed by atoms with van der Waals surface area (Å²) in [6, 6.07) is 25.3. The molecule has 1 aliphatic heterocycles. The number of hydrogen-bond acceptors (Lipinski definition) is 4. The first-order chi connectivity index (χ1) is 14.2. The Bertz CT molecular complexity index is 1060. The third-order valence-electron chi connectivity index (χ3n) is 4.13. The molecule has 0 spiro atoms. The first-order valence-electron chi connectivity index (χ1n) is 8.98. The van der Waals surface area contributed by atoms with Gasteiger partial charge >= 0.3 is 0 Å². The van der Waals surface area contributed by atoms with E-state index in [2.05, 4.69) is 26.2 Å². The molecule has 6 heteroatoms. The molecule has 29 heavy (non-hydrogen) atoms. The lowest BCUT2D eigenvalue weighted by Gasteiger charge is -2.06. The molecule has 0 unspecified atom stereocenters. The van der Waals surface area contributed by atoms with Gasteiger partial charge in [0.2, 0.25) is 0 Å². The van der Waals surface area contributed by atoms with Crippen molar-refractivity contribution in [2.75, 3.05) is 0 Å². The van der Waals surface area contributed by atoms with Gasteiger partial charge in [0.1, 0.15) is 12.4 Å². The van der Waals surface area contributed by atoms with Crippen molar-refractivity contribution in [2.24, 2.45) is 4.99 Å². The number of thioether (sulfide) groups is 1. The van der Waals surface area contributed by atoms with E-state index in [-0.39, 0.29) is 5.91 Å². The second-order valence-electron chi connectivity index (χ2n) is 6.30. The normalized spacial score (nSPS) is 16.2. The predicted octanol–water partition coefficient (Wildman–Crippen LogP) is 5.92. The molecule has 0 radical (unpaired) electrons. The van der Waals surface area contributed by atoms with Crippen molar-refractivity contribution in [3.8, 4) is 5.75 Å². The molecule has 1 fully saturated rings. The van der Waals surface area contributed by atoms with Gasteiger partial charge in [-0.15, -0.1) is 0 Å². The second-order valence-corrected chi connectivity index (χ2v) is 8.25. The Morgan fingerprint density at radius 2 is 1.69 bits per heavy atom. The van der Waals surface area contributed by atoms with Gasteiger partial charge in [-0.3, -0.25) is 4.79 Å². The fraction of sp³-hybridized carbons (Fsp3) is 0.0435. The Labute approximate surface area is 181 Å². The summed E-state index contributed by atoms with van der Waals surface area (Å²) in [6.07, 6.45) is 1.85. The average molecular weight is 465 g/mol. The molecule has 1 aliphatic rings. The van der Waals surface area contributed by atoms with Crippen LogP contribution in [0.1, 0.15) is 11.1 Å². The number of nitrogens with one attached hydrogen (secondary N) is 1. The second kappa shape index (κ2) is 9.11. The lowest BCUT2D eigenvalue weighted by Crippen LogP contribution is -2.19. The van der Waals surface area contributed by atoms with Crippen LogP contribution in [0, 0.1) is 0 Å². The molecule has 144 valence electrons. The fourth-order valence-corrected chi connectivity index (χ4v) is 3.77. The van der Waals surface area contributed by atoms with E-state index in [1.54, 1.807) is 0 Å². The summed E-state index contributed by atoms with van der Waals surface area (Å²) < 4.78 is 6.79. The maximum Gasteiger partial charge on any atom is 0.264 e. The highest BCUT2D eigenvalue weighted by Gasteiger charge is 2.23. The number of ether oxygens (including phenoxy) is 1. The number of amides is 1. The quantitative estimate of drug-likeness (QED) is 0.476. The van der Waals surface area contributed by atoms with Gasteiger partial charge in [0.25, 0.3) is 5.91 Å². The number of nitrogens with zero attached hydrogens (tertiary/aromatic N) is 1. The summed E-state index contributed by atoms with van der Waals surface area (Å²) >= 11 is 4.73. The molecule has 1 saturated heterocycles. The van der Waals surface area contributed by atoms with E-state index >= 15 is 0 Å². The fourth-order valence-electron chi connectivity index (χ4n) is 2.67. The highest BCUT2D eigenvalue weighted by Crippen LogP contribution is 2.29. The molecule has 0 bridgehead atoms. The average Bonchev–Trinajstić information content (AvgIpc) is 3.08. The molecule has 1 heterocycles. The zero-order valence-electron chi connectivity index (χ0n) is 15.3. The number of amidine groups is 1. The molecule has 4 rings (SSSR count). The Balaban J connectivity index is 1.41. The van der Waals surface area contributed by atoms with Gasteiger partial charge < -0.3 is 10.1 Å². The van der Waals surface area contributed by atoms with Crippen LogP contribution in [0.15, 0.2) is 93.2 Å². The van der Waals surface area contributed by atoms with E-state index in [4.69, 9.17) is 4.74 Å². The highest BCUT2D eigenvalue weighted by molar-refractivity contribution is 9.10. The molecule has 3 aromatic carbocycles. The summed E-state index contributed by atoms with van der Waals surface area (Å²) in [6.45, 7) is 0.523. The van der Waals surface area contributed by atoms with Crippen LogP contribution in [-0.4, -0.2) is 11.1 Å². The smallest absolute Gasteiger partial charge is 0.264 e. The number of aliphatic imine (C=N–C) groups is 1. The van der Waals surface area contributed by atoms with Crippen molar-refractivity contribution in [3.05, 3.63) is 99.4 Å². The lowest BCUT2D eigenvalue weighted by molar-refractivity contribution is -0.115. The number of rotatable bonds is 5. The first kappa shape index (κ1) is 19.5. The molecule has 0 aliphatic carbocycles. The molecular formula is C23H17BrN2O2S. The van der Waals surface area contributed by atoms with Gasteiger partial charge in [-0.25, -0.2) is 4.99 Å². The van der Waals surface area contributed by atoms with E-state index in [1.807, 2.05) is 84.9 Å². The summed E-state index contributed by atoms with van der Waals surface area (Å²) in [7, 11) is 0. The van der Waals surface area contributed by atoms with Gasteiger partial charge in [0.05, 0.1) is 10.6 Å². The Kier molecular flexibility index (Phi) is 6.12. The minimum atomic E-state index is -0.143. The van der Waals surface area contributed by atoms with Gasteiger partial charge in [-0.1, -0.05) is 58.4 Å². The van der Waals surface area contributed by atoms with Crippen molar-refractivity contribution < 1.29 is 9.53 Å². The zero-order valence-corrected chi connectivity index (χ0v) is 17.7. The van der Waals surface area contributed by atoms with E-state index in [1.165, 1.54) is 11.8 Å². The molecule has 0 saturated carbocycles. The molecule has 0 aromatic heterocycles. The van der Waals surface area contributed by atoms with E-state index in [9.17, 15) is 4.79 Å². The van der Waals surface area contributed by atoms with E-state index in [0.29, 0.717) is 16.7 Å². The van der Waals surface area contributed by atoms with Crippen LogP contribution >= 0.6 is 27.7 Å². The van der Waals surface area contributed by atoms with Crippen molar-refractivity contribution in [3.63, 3.8) is 0 Å². The summed E-state index contributed by atoms with van der Waals surface area (Å²) in [5.74, 6) is 0.646. The van der Waals surface area contributed by atoms with Gasteiger partial charge in [0.15, 0.2) is 5.17 Å². The molecule has 1 amide bonds. The largest absolute Gasteiger partial charge is 0.489 e. The standard InChI is InChI=1S/C23H17BrN2O2S/c24-18-8-10-19(11-9-18)25-23-26-22(27)21(29-23)14-16-6-12-20(13-7-16)28-15-17-4-2-1-3-5-17/h1-14H,15H2,(H,25,26,27)/b21-14+. The van der Waals surface area contributed by atoms with E-state index < -0.39 is 0 Å². The van der Waals surface area contributed by atoms with Crippen LogP contribution in [0.4, 0.5) is 5.69 Å². The number of carbonyl (C=O) groups excluding carboxylic acids is 1. The van der Waals surface area contributed by atoms with Crippen LogP contribution in [0.3, 0.4) is 0 Å². The predicted molar refractivity (Wildman–Crippen MR) is 122 cm³/mol. The summed E-state index contributed by atoms with van der Waals surface area (Å²) in [5.41, 5.74) is 2.84. The number of benzene rings is 3. The number of hydrogen-bond donors (Lipinski definition) is 1. The molecule has 4 nitrogen and oxygen atoms in total. The number of carbonyl (C=O) groups is 1. The maximum atomic E-state index is 12.2. The zero-order chi connectivity index (χ0) is 20.1. The first-order valence-corrected chi connectivity index (χ1v) is 10.6. The third kappa shape index (κ3) is 5.37. The van der Waals surface area contributed by atoms with Gasteiger partial charge in [-0.2, -0.15) is 0 Å². The van der Waals surface area contributed by atoms with Crippen LogP contribution in [0.25, 0.3) is 6.08 Å². The highest BCUT2D eigenvalue weighted by atomic mass is 79.9. The SMILES string of the molecule is O=C1NC(=Nc2ccc(Br)cc2)S/C1=C/c1ccc(OCc2ccccc2)cc1. The number of halogens is 1. The van der Waals surface area contributed by atoms with Crippen LogP contribution in [0.2, 0.25) is 0 Å². The Morgan fingerprint density at radius 1 is 0.966 bits per heavy atom. The third-order valence-corrected chi connectivity index (χ3v) is 5.57. The van der Waals surface area contributed by atoms with Crippen LogP contribution < -0.4 is 10.1 Å². The van der Waals surface area contributed by atoms with E-state index in [0.717, 1.165) is 27.0 Å². The van der Waals surface area contributed by atoms with Crippen LogP contribution in [0.5, 0.6) is 5.75 Å². The summed E-state index contributed by atoms with van der Waals surface area (Å²) in [5, 5.41) is 3.38. The van der Waals surface area contributed by atoms with Crippen molar-refractivity contribution in [1.29, 1.82) is 0 Å². The van der Waals surface area contributed by atoms with Gasteiger partial charge in [-0.05, 0) is 65.4 Å².